The molecule has 21 heavy (non-hydrogen) atoms. The van der Waals surface area contributed by atoms with Crippen molar-refractivity contribution < 1.29 is 22.5 Å². The lowest BCUT2D eigenvalue weighted by atomic mass is 10.1. The monoisotopic (exact) mass is 300 g/mol. The molecule has 0 amide bonds. The lowest BCUT2D eigenvalue weighted by molar-refractivity contribution is -0.385. The highest BCUT2D eigenvalue weighted by molar-refractivity contribution is 5.48. The normalized spacial score (nSPS) is 10.5. The standard InChI is InChI=1S/C13H8F4N2O2/c14-8-1-4-11(19(20)21)7(5-8)6-18-10-3-2-9(15)12(16)13(10)17/h1-5,18H,6H2. The molecule has 0 aliphatic heterocycles. The number of hydrogen-bond donors (Lipinski definition) is 1. The van der Waals surface area contributed by atoms with Crippen LogP contribution in [0.5, 0.6) is 0 Å². The number of nitrogens with one attached hydrogen (secondary N) is 1. The molecule has 0 atom stereocenters. The summed E-state index contributed by atoms with van der Waals surface area (Å²) in [7, 11) is 0. The van der Waals surface area contributed by atoms with Crippen LogP contribution in [0.1, 0.15) is 5.56 Å². The number of hydrogen-bond acceptors (Lipinski definition) is 3. The summed E-state index contributed by atoms with van der Waals surface area (Å²) >= 11 is 0. The van der Waals surface area contributed by atoms with Crippen molar-refractivity contribution in [3.05, 3.63) is 69.3 Å². The zero-order chi connectivity index (χ0) is 15.6. The Balaban J connectivity index is 2.26. The molecule has 1 N–H and O–H groups in total. The first kappa shape index (κ1) is 14.8. The molecule has 0 aromatic heterocycles. The van der Waals surface area contributed by atoms with Crippen LogP contribution >= 0.6 is 0 Å². The number of anilines is 1. The number of benzene rings is 2. The van der Waals surface area contributed by atoms with Gasteiger partial charge in [-0.15, -0.1) is 0 Å². The van der Waals surface area contributed by atoms with Gasteiger partial charge in [0.2, 0.25) is 0 Å². The van der Waals surface area contributed by atoms with E-state index in [4.69, 9.17) is 0 Å². The summed E-state index contributed by atoms with van der Waals surface area (Å²) in [6, 6.07) is 4.44. The van der Waals surface area contributed by atoms with Gasteiger partial charge in [-0.1, -0.05) is 0 Å². The van der Waals surface area contributed by atoms with E-state index in [1.165, 1.54) is 0 Å². The van der Waals surface area contributed by atoms with E-state index in [0.29, 0.717) is 6.07 Å². The van der Waals surface area contributed by atoms with Crippen LogP contribution in [-0.4, -0.2) is 4.92 Å². The molecule has 0 spiro atoms. The van der Waals surface area contributed by atoms with Gasteiger partial charge >= 0.3 is 0 Å². The van der Waals surface area contributed by atoms with Gasteiger partial charge in [0.05, 0.1) is 16.2 Å². The predicted octanol–water partition coefficient (Wildman–Crippen LogP) is 3.76. The van der Waals surface area contributed by atoms with Crippen LogP contribution in [0.15, 0.2) is 30.3 Å². The van der Waals surface area contributed by atoms with Crippen LogP contribution in [-0.2, 0) is 6.54 Å². The number of rotatable bonds is 4. The summed E-state index contributed by atoms with van der Waals surface area (Å²) in [5.41, 5.74) is -0.802. The Bertz CT molecular complexity index is 707. The molecule has 0 fully saturated rings. The zero-order valence-corrected chi connectivity index (χ0v) is 10.4. The quantitative estimate of drug-likeness (QED) is 0.405. The van der Waals surface area contributed by atoms with Crippen LogP contribution in [0.25, 0.3) is 0 Å². The van der Waals surface area contributed by atoms with Gasteiger partial charge in [0, 0.05) is 12.6 Å². The van der Waals surface area contributed by atoms with Gasteiger partial charge in [-0.25, -0.2) is 17.6 Å². The molecule has 0 aliphatic carbocycles. The minimum Gasteiger partial charge on any atom is -0.378 e. The van der Waals surface area contributed by atoms with E-state index >= 15 is 0 Å². The third kappa shape index (κ3) is 3.10. The van der Waals surface area contributed by atoms with Crippen molar-refractivity contribution in [3.63, 3.8) is 0 Å². The fourth-order valence-electron chi connectivity index (χ4n) is 1.73. The first-order chi connectivity index (χ1) is 9.90. The van der Waals surface area contributed by atoms with E-state index in [-0.39, 0.29) is 23.5 Å². The minimum absolute atomic E-state index is 0.0517. The van der Waals surface area contributed by atoms with Gasteiger partial charge in [0.15, 0.2) is 17.5 Å². The van der Waals surface area contributed by atoms with Crippen LogP contribution < -0.4 is 5.32 Å². The fourth-order valence-corrected chi connectivity index (χ4v) is 1.73. The SMILES string of the molecule is O=[N+]([O-])c1ccc(F)cc1CNc1ccc(F)c(F)c1F. The summed E-state index contributed by atoms with van der Waals surface area (Å²) in [6.45, 7) is -0.323. The van der Waals surface area contributed by atoms with E-state index in [2.05, 4.69) is 5.32 Å². The van der Waals surface area contributed by atoms with Gasteiger partial charge in [0.1, 0.15) is 5.82 Å². The van der Waals surface area contributed by atoms with Crippen molar-refractivity contribution in [2.45, 2.75) is 6.54 Å². The van der Waals surface area contributed by atoms with Crippen molar-refractivity contribution >= 4 is 11.4 Å². The van der Waals surface area contributed by atoms with Crippen molar-refractivity contribution in [2.24, 2.45) is 0 Å². The molecule has 0 saturated heterocycles. The maximum absolute atomic E-state index is 13.4. The van der Waals surface area contributed by atoms with Crippen LogP contribution in [0.2, 0.25) is 0 Å². The Morgan fingerprint density at radius 2 is 1.76 bits per heavy atom. The van der Waals surface area contributed by atoms with E-state index in [0.717, 1.165) is 24.3 Å². The van der Waals surface area contributed by atoms with E-state index in [1.54, 1.807) is 0 Å². The molecule has 2 aromatic rings. The van der Waals surface area contributed by atoms with Gasteiger partial charge in [-0.3, -0.25) is 10.1 Å². The van der Waals surface area contributed by atoms with Gasteiger partial charge in [-0.2, -0.15) is 0 Å². The number of halogens is 4. The van der Waals surface area contributed by atoms with Gasteiger partial charge < -0.3 is 5.32 Å². The van der Waals surface area contributed by atoms with Crippen LogP contribution in [0, 0.1) is 33.4 Å². The summed E-state index contributed by atoms with van der Waals surface area (Å²) in [4.78, 5) is 10.1. The highest BCUT2D eigenvalue weighted by Crippen LogP contribution is 2.23. The molecule has 2 rings (SSSR count). The third-order valence-corrected chi connectivity index (χ3v) is 2.74. The average molecular weight is 300 g/mol. The zero-order valence-electron chi connectivity index (χ0n) is 10.4. The van der Waals surface area contributed by atoms with Crippen LogP contribution in [0.4, 0.5) is 28.9 Å². The molecular weight excluding hydrogens is 292 g/mol. The summed E-state index contributed by atoms with van der Waals surface area (Å²) in [5.74, 6) is -5.17. The predicted molar refractivity (Wildman–Crippen MR) is 66.7 cm³/mol. The maximum Gasteiger partial charge on any atom is 0.274 e. The summed E-state index contributed by atoms with van der Waals surface area (Å²) in [6.07, 6.45) is 0. The largest absolute Gasteiger partial charge is 0.378 e. The van der Waals surface area contributed by atoms with Crippen molar-refractivity contribution in [2.75, 3.05) is 5.32 Å². The first-order valence-corrected chi connectivity index (χ1v) is 5.70. The third-order valence-electron chi connectivity index (χ3n) is 2.74. The molecule has 0 aliphatic rings. The second-order valence-corrected chi connectivity index (χ2v) is 4.11. The molecule has 0 radical (unpaired) electrons. The molecular formula is C13H8F4N2O2. The van der Waals surface area contributed by atoms with Crippen molar-refractivity contribution in [1.82, 2.24) is 0 Å². The Kier molecular flexibility index (Phi) is 4.06. The Labute approximate surface area is 116 Å². The molecule has 4 nitrogen and oxygen atoms in total. The Morgan fingerprint density at radius 3 is 2.43 bits per heavy atom. The molecule has 8 heteroatoms. The summed E-state index contributed by atoms with van der Waals surface area (Å²) < 4.78 is 52.3. The Morgan fingerprint density at radius 1 is 1.05 bits per heavy atom. The number of nitro groups is 1. The number of nitro benzene ring substituents is 1. The van der Waals surface area contributed by atoms with E-state index < -0.39 is 28.2 Å². The molecule has 0 heterocycles. The average Bonchev–Trinajstić information content (AvgIpc) is 2.44. The first-order valence-electron chi connectivity index (χ1n) is 5.70. The number of nitrogens with zero attached hydrogens (tertiary/aromatic N) is 1. The second kappa shape index (κ2) is 5.78. The lowest BCUT2D eigenvalue weighted by Crippen LogP contribution is -2.06. The minimum atomic E-state index is -1.66. The molecule has 2 aromatic carbocycles. The highest BCUT2D eigenvalue weighted by atomic mass is 19.2. The summed E-state index contributed by atoms with van der Waals surface area (Å²) in [5, 5.41) is 13.1. The molecule has 0 unspecified atom stereocenters. The molecule has 0 bridgehead atoms. The second-order valence-electron chi connectivity index (χ2n) is 4.11. The van der Waals surface area contributed by atoms with E-state index in [9.17, 15) is 27.7 Å². The van der Waals surface area contributed by atoms with Gasteiger partial charge in [-0.05, 0) is 24.3 Å². The maximum atomic E-state index is 13.4. The van der Waals surface area contributed by atoms with Crippen molar-refractivity contribution in [1.29, 1.82) is 0 Å². The van der Waals surface area contributed by atoms with Crippen LogP contribution in [0.3, 0.4) is 0 Å². The fraction of sp³-hybridized carbons (Fsp3) is 0.0769. The topological polar surface area (TPSA) is 55.2 Å². The van der Waals surface area contributed by atoms with E-state index in [1.807, 2.05) is 0 Å². The molecule has 110 valence electrons. The smallest absolute Gasteiger partial charge is 0.274 e. The lowest BCUT2D eigenvalue weighted by Gasteiger charge is -2.09. The van der Waals surface area contributed by atoms with Gasteiger partial charge in [0.25, 0.3) is 5.69 Å². The highest BCUT2D eigenvalue weighted by Gasteiger charge is 2.17. The van der Waals surface area contributed by atoms with Crippen molar-refractivity contribution in [3.8, 4) is 0 Å². The Hall–Kier alpha value is -2.64. The molecule has 0 saturated carbocycles.